The van der Waals surface area contributed by atoms with E-state index in [-0.39, 0.29) is 12.0 Å². The third kappa shape index (κ3) is 6.16. The van der Waals surface area contributed by atoms with Gasteiger partial charge in [0.05, 0.1) is 12.9 Å². The van der Waals surface area contributed by atoms with Gasteiger partial charge in [0.2, 0.25) is 5.91 Å². The van der Waals surface area contributed by atoms with Gasteiger partial charge < -0.3 is 19.3 Å². The van der Waals surface area contributed by atoms with E-state index < -0.39 is 0 Å². The molecular weight excluding hydrogens is 462 g/mol. The van der Waals surface area contributed by atoms with E-state index in [1.54, 1.807) is 13.2 Å². The molecule has 1 unspecified atom stereocenters. The quantitative estimate of drug-likeness (QED) is 0.312. The minimum absolute atomic E-state index is 0.111. The topological polar surface area (TPSA) is 72.7 Å². The number of allylic oxidation sites excluding steroid dienone is 1. The van der Waals surface area contributed by atoms with Gasteiger partial charge in [-0.1, -0.05) is 36.0 Å². The standard InChI is InChI=1S/C26H31N5O3S/c1-4-14-31-25(20(2)34-23-12-10-22(33-3)11-13-23)27-28-26(31)35-19-24(32)30-17-15-29(16-18-30)21-8-6-5-7-9-21/h4-13,20H,1,14-19H2,2-3H3. The molecule has 0 aliphatic carbocycles. The van der Waals surface area contributed by atoms with Gasteiger partial charge in [-0.3, -0.25) is 9.36 Å². The average molecular weight is 494 g/mol. The summed E-state index contributed by atoms with van der Waals surface area (Å²) in [6.07, 6.45) is 1.47. The van der Waals surface area contributed by atoms with Crippen molar-refractivity contribution in [3.63, 3.8) is 0 Å². The maximum absolute atomic E-state index is 12.9. The van der Waals surface area contributed by atoms with Crippen LogP contribution >= 0.6 is 11.8 Å². The SMILES string of the molecule is C=CCn1c(SCC(=O)N2CCN(c3ccccc3)CC2)nnc1C(C)Oc1ccc(OC)cc1. The Morgan fingerprint density at radius 3 is 2.40 bits per heavy atom. The van der Waals surface area contributed by atoms with Crippen LogP contribution in [0.25, 0.3) is 0 Å². The first-order valence-electron chi connectivity index (χ1n) is 11.6. The zero-order valence-corrected chi connectivity index (χ0v) is 21.0. The first kappa shape index (κ1) is 24.7. The lowest BCUT2D eigenvalue weighted by atomic mass is 10.2. The average Bonchev–Trinajstić information content (AvgIpc) is 3.31. The molecule has 184 valence electrons. The number of anilines is 1. The normalized spacial score (nSPS) is 14.5. The minimum Gasteiger partial charge on any atom is -0.497 e. The Morgan fingerprint density at radius 2 is 1.74 bits per heavy atom. The number of amides is 1. The molecule has 9 heteroatoms. The first-order chi connectivity index (χ1) is 17.1. The monoisotopic (exact) mass is 493 g/mol. The number of carbonyl (C=O) groups is 1. The second-order valence-electron chi connectivity index (χ2n) is 8.17. The summed E-state index contributed by atoms with van der Waals surface area (Å²) in [5, 5.41) is 9.39. The number of rotatable bonds is 10. The smallest absolute Gasteiger partial charge is 0.233 e. The van der Waals surface area contributed by atoms with Gasteiger partial charge in [-0.05, 0) is 43.3 Å². The number of nitrogens with zero attached hydrogens (tertiary/aromatic N) is 5. The van der Waals surface area contributed by atoms with Gasteiger partial charge in [0.15, 0.2) is 17.1 Å². The summed E-state index contributed by atoms with van der Waals surface area (Å²) in [5.74, 6) is 2.59. The van der Waals surface area contributed by atoms with Crippen LogP contribution in [0.2, 0.25) is 0 Å². The molecule has 2 heterocycles. The summed E-state index contributed by atoms with van der Waals surface area (Å²) in [6.45, 7) is 9.41. The Balaban J connectivity index is 1.34. The van der Waals surface area contributed by atoms with E-state index in [0.29, 0.717) is 42.1 Å². The van der Waals surface area contributed by atoms with Crippen molar-refractivity contribution < 1.29 is 14.3 Å². The Bertz CT molecular complexity index is 1110. The summed E-state index contributed by atoms with van der Waals surface area (Å²) in [4.78, 5) is 17.1. The van der Waals surface area contributed by atoms with Crippen molar-refractivity contribution in [2.24, 2.45) is 0 Å². The highest BCUT2D eigenvalue weighted by Crippen LogP contribution is 2.26. The molecule has 4 rings (SSSR count). The van der Waals surface area contributed by atoms with E-state index in [1.807, 2.05) is 58.9 Å². The summed E-state index contributed by atoms with van der Waals surface area (Å²) in [5.41, 5.74) is 1.20. The van der Waals surface area contributed by atoms with Crippen molar-refractivity contribution in [3.05, 3.63) is 73.1 Å². The third-order valence-corrected chi connectivity index (χ3v) is 6.82. The molecule has 2 aromatic carbocycles. The molecule has 1 aromatic heterocycles. The Hall–Kier alpha value is -3.46. The molecule has 0 saturated carbocycles. The number of benzene rings is 2. The van der Waals surface area contributed by atoms with Gasteiger partial charge in [-0.25, -0.2) is 0 Å². The third-order valence-electron chi connectivity index (χ3n) is 5.87. The number of carbonyl (C=O) groups excluding carboxylic acids is 1. The van der Waals surface area contributed by atoms with Crippen molar-refractivity contribution in [2.45, 2.75) is 24.7 Å². The molecule has 1 atom stereocenters. The van der Waals surface area contributed by atoms with E-state index in [4.69, 9.17) is 9.47 Å². The van der Waals surface area contributed by atoms with E-state index in [2.05, 4.69) is 33.8 Å². The molecular formula is C26H31N5O3S. The fourth-order valence-electron chi connectivity index (χ4n) is 3.99. The molecule has 1 saturated heterocycles. The molecule has 0 N–H and O–H groups in total. The van der Waals surface area contributed by atoms with Crippen LogP contribution in [0.1, 0.15) is 18.9 Å². The lowest BCUT2D eigenvalue weighted by Crippen LogP contribution is -2.49. The van der Waals surface area contributed by atoms with Gasteiger partial charge in [0.1, 0.15) is 11.5 Å². The largest absolute Gasteiger partial charge is 0.497 e. The predicted octanol–water partition coefficient (Wildman–Crippen LogP) is 4.05. The van der Waals surface area contributed by atoms with Crippen LogP contribution in [-0.2, 0) is 11.3 Å². The van der Waals surface area contributed by atoms with Gasteiger partial charge in [-0.15, -0.1) is 16.8 Å². The molecule has 0 spiro atoms. The molecule has 8 nitrogen and oxygen atoms in total. The van der Waals surface area contributed by atoms with Crippen LogP contribution in [0.4, 0.5) is 5.69 Å². The lowest BCUT2D eigenvalue weighted by Gasteiger charge is -2.36. The van der Waals surface area contributed by atoms with E-state index in [9.17, 15) is 4.79 Å². The highest BCUT2D eigenvalue weighted by molar-refractivity contribution is 7.99. The minimum atomic E-state index is -0.327. The van der Waals surface area contributed by atoms with E-state index >= 15 is 0 Å². The van der Waals surface area contributed by atoms with Crippen molar-refractivity contribution in [2.75, 3.05) is 43.9 Å². The number of methoxy groups -OCH3 is 1. The number of hydrogen-bond donors (Lipinski definition) is 0. The molecule has 1 aliphatic rings. The molecule has 35 heavy (non-hydrogen) atoms. The Morgan fingerprint density at radius 1 is 1.06 bits per heavy atom. The maximum Gasteiger partial charge on any atom is 0.233 e. The van der Waals surface area contributed by atoms with Gasteiger partial charge in [0.25, 0.3) is 0 Å². The Kier molecular flexibility index (Phi) is 8.31. The molecule has 1 amide bonds. The van der Waals surface area contributed by atoms with Crippen LogP contribution in [0.3, 0.4) is 0 Å². The number of piperazine rings is 1. The van der Waals surface area contributed by atoms with Crippen LogP contribution < -0.4 is 14.4 Å². The van der Waals surface area contributed by atoms with Crippen molar-refractivity contribution in [1.29, 1.82) is 0 Å². The maximum atomic E-state index is 12.9. The van der Waals surface area contributed by atoms with Crippen molar-refractivity contribution in [1.82, 2.24) is 19.7 Å². The van der Waals surface area contributed by atoms with E-state index in [0.717, 1.165) is 18.8 Å². The van der Waals surface area contributed by atoms with Crippen LogP contribution in [0, 0.1) is 0 Å². The number of thioether (sulfide) groups is 1. The fraction of sp³-hybridized carbons (Fsp3) is 0.346. The number of aromatic nitrogens is 3. The van der Waals surface area contributed by atoms with Gasteiger partial charge in [-0.2, -0.15) is 0 Å². The Labute approximate surface area is 210 Å². The molecule has 0 bridgehead atoms. The zero-order valence-electron chi connectivity index (χ0n) is 20.2. The number of hydrogen-bond acceptors (Lipinski definition) is 7. The van der Waals surface area contributed by atoms with Gasteiger partial charge >= 0.3 is 0 Å². The highest BCUT2D eigenvalue weighted by atomic mass is 32.2. The van der Waals surface area contributed by atoms with Crippen molar-refractivity contribution in [3.8, 4) is 11.5 Å². The number of ether oxygens (including phenoxy) is 2. The van der Waals surface area contributed by atoms with Crippen molar-refractivity contribution >= 4 is 23.4 Å². The van der Waals surface area contributed by atoms with Crippen LogP contribution in [-0.4, -0.2) is 64.6 Å². The molecule has 3 aromatic rings. The second-order valence-corrected chi connectivity index (χ2v) is 9.11. The predicted molar refractivity (Wildman–Crippen MR) is 138 cm³/mol. The zero-order chi connectivity index (χ0) is 24.6. The fourth-order valence-corrected chi connectivity index (χ4v) is 4.85. The first-order valence-corrected chi connectivity index (χ1v) is 12.6. The molecule has 1 aliphatic heterocycles. The van der Waals surface area contributed by atoms with Gasteiger partial charge in [0, 0.05) is 38.4 Å². The summed E-state index contributed by atoms with van der Waals surface area (Å²) >= 11 is 1.40. The number of para-hydroxylation sites is 1. The second kappa shape index (κ2) is 11.8. The lowest BCUT2D eigenvalue weighted by molar-refractivity contribution is -0.128. The summed E-state index contributed by atoms with van der Waals surface area (Å²) in [7, 11) is 1.63. The molecule has 0 radical (unpaired) electrons. The van der Waals surface area contributed by atoms with Crippen LogP contribution in [0.5, 0.6) is 11.5 Å². The molecule has 1 fully saturated rings. The highest BCUT2D eigenvalue weighted by Gasteiger charge is 2.23. The summed E-state index contributed by atoms with van der Waals surface area (Å²) < 4.78 is 13.2. The van der Waals surface area contributed by atoms with Crippen LogP contribution in [0.15, 0.2) is 72.4 Å². The summed E-state index contributed by atoms with van der Waals surface area (Å²) in [6, 6.07) is 17.7. The van der Waals surface area contributed by atoms with E-state index in [1.165, 1.54) is 17.4 Å².